The topological polar surface area (TPSA) is 109 Å². The standard InChI is InChI=1S/C12H22N6O2/c13-12(20)9-17-3-1-10(2-4-17)14-7-11-8-18(5-6-19)16-15-11/h8,10,14,19H,1-7,9H2,(H2,13,20). The van der Waals surface area contributed by atoms with Gasteiger partial charge >= 0.3 is 0 Å². The van der Waals surface area contributed by atoms with E-state index >= 15 is 0 Å². The molecule has 112 valence electrons. The zero-order valence-electron chi connectivity index (χ0n) is 11.5. The van der Waals surface area contributed by atoms with E-state index in [0.717, 1.165) is 31.6 Å². The van der Waals surface area contributed by atoms with E-state index in [-0.39, 0.29) is 12.5 Å². The molecule has 0 aromatic carbocycles. The van der Waals surface area contributed by atoms with Gasteiger partial charge in [0.25, 0.3) is 0 Å². The Kier molecular flexibility index (Phi) is 5.45. The molecule has 0 bridgehead atoms. The van der Waals surface area contributed by atoms with Crippen molar-refractivity contribution in [3.8, 4) is 0 Å². The molecule has 8 heteroatoms. The van der Waals surface area contributed by atoms with Gasteiger partial charge in [-0.25, -0.2) is 4.68 Å². The van der Waals surface area contributed by atoms with Crippen LogP contribution in [0.3, 0.4) is 0 Å². The molecule has 0 saturated carbocycles. The Hall–Kier alpha value is -1.51. The highest BCUT2D eigenvalue weighted by Gasteiger charge is 2.19. The molecular formula is C12H22N6O2. The Morgan fingerprint density at radius 1 is 1.50 bits per heavy atom. The molecule has 0 spiro atoms. The lowest BCUT2D eigenvalue weighted by Gasteiger charge is -2.31. The minimum atomic E-state index is -0.267. The highest BCUT2D eigenvalue weighted by molar-refractivity contribution is 5.75. The quantitative estimate of drug-likeness (QED) is 0.550. The molecule has 0 unspecified atom stereocenters. The van der Waals surface area contributed by atoms with Gasteiger partial charge in [-0.1, -0.05) is 5.21 Å². The van der Waals surface area contributed by atoms with E-state index in [9.17, 15) is 4.79 Å². The lowest BCUT2D eigenvalue weighted by atomic mass is 10.1. The van der Waals surface area contributed by atoms with Gasteiger partial charge in [-0.15, -0.1) is 5.10 Å². The van der Waals surface area contributed by atoms with Crippen LogP contribution in [0.1, 0.15) is 18.5 Å². The highest BCUT2D eigenvalue weighted by atomic mass is 16.3. The minimum absolute atomic E-state index is 0.0640. The molecule has 0 atom stereocenters. The monoisotopic (exact) mass is 282 g/mol. The largest absolute Gasteiger partial charge is 0.394 e. The van der Waals surface area contributed by atoms with E-state index in [1.54, 1.807) is 4.68 Å². The van der Waals surface area contributed by atoms with Crippen molar-refractivity contribution in [2.75, 3.05) is 26.2 Å². The molecule has 0 radical (unpaired) electrons. The summed E-state index contributed by atoms with van der Waals surface area (Å²) in [4.78, 5) is 12.9. The van der Waals surface area contributed by atoms with Crippen LogP contribution in [0.15, 0.2) is 6.20 Å². The number of hydrogen-bond donors (Lipinski definition) is 3. The zero-order chi connectivity index (χ0) is 14.4. The smallest absolute Gasteiger partial charge is 0.231 e. The second-order valence-electron chi connectivity index (χ2n) is 5.09. The summed E-state index contributed by atoms with van der Waals surface area (Å²) in [5.74, 6) is -0.267. The van der Waals surface area contributed by atoms with Crippen LogP contribution in [0, 0.1) is 0 Å². The van der Waals surface area contributed by atoms with Crippen LogP contribution in [0.5, 0.6) is 0 Å². The molecule has 2 rings (SSSR count). The van der Waals surface area contributed by atoms with Crippen LogP contribution in [-0.4, -0.2) is 63.2 Å². The minimum Gasteiger partial charge on any atom is -0.394 e. The number of carbonyl (C=O) groups excluding carboxylic acids is 1. The van der Waals surface area contributed by atoms with Gasteiger partial charge in [0.2, 0.25) is 5.91 Å². The lowest BCUT2D eigenvalue weighted by molar-refractivity contribution is -0.119. The van der Waals surface area contributed by atoms with Gasteiger partial charge in [0.05, 0.1) is 25.4 Å². The third-order valence-corrected chi connectivity index (χ3v) is 3.45. The van der Waals surface area contributed by atoms with Crippen LogP contribution in [-0.2, 0) is 17.9 Å². The number of nitrogens with one attached hydrogen (secondary N) is 1. The van der Waals surface area contributed by atoms with Crippen LogP contribution in [0.4, 0.5) is 0 Å². The maximum atomic E-state index is 10.8. The molecule has 1 saturated heterocycles. The van der Waals surface area contributed by atoms with Gasteiger partial charge in [-0.05, 0) is 12.8 Å². The van der Waals surface area contributed by atoms with E-state index < -0.39 is 0 Å². The van der Waals surface area contributed by atoms with Crippen molar-refractivity contribution < 1.29 is 9.90 Å². The summed E-state index contributed by atoms with van der Waals surface area (Å²) in [6.45, 7) is 3.33. The number of primary amides is 1. The third-order valence-electron chi connectivity index (χ3n) is 3.45. The molecule has 0 aliphatic carbocycles. The summed E-state index contributed by atoms with van der Waals surface area (Å²) in [6.07, 6.45) is 3.83. The zero-order valence-corrected chi connectivity index (χ0v) is 11.5. The van der Waals surface area contributed by atoms with Gasteiger partial charge in [-0.2, -0.15) is 0 Å². The van der Waals surface area contributed by atoms with E-state index in [2.05, 4.69) is 20.5 Å². The number of likely N-dealkylation sites (tertiary alicyclic amines) is 1. The number of nitrogens with zero attached hydrogens (tertiary/aromatic N) is 4. The number of hydrogen-bond acceptors (Lipinski definition) is 6. The number of aliphatic hydroxyl groups excluding tert-OH is 1. The molecular weight excluding hydrogens is 260 g/mol. The number of aliphatic hydroxyl groups is 1. The average molecular weight is 282 g/mol. The van der Waals surface area contributed by atoms with Crippen molar-refractivity contribution in [2.45, 2.75) is 32.0 Å². The predicted molar refractivity (Wildman–Crippen MR) is 72.6 cm³/mol. The first-order valence-electron chi connectivity index (χ1n) is 6.91. The summed E-state index contributed by atoms with van der Waals surface area (Å²) in [7, 11) is 0. The third kappa shape index (κ3) is 4.55. The maximum absolute atomic E-state index is 10.8. The fourth-order valence-electron chi connectivity index (χ4n) is 2.40. The first-order valence-corrected chi connectivity index (χ1v) is 6.91. The number of carbonyl (C=O) groups is 1. The van der Waals surface area contributed by atoms with E-state index in [1.165, 1.54) is 0 Å². The van der Waals surface area contributed by atoms with E-state index in [0.29, 0.717) is 25.7 Å². The Balaban J connectivity index is 1.68. The van der Waals surface area contributed by atoms with Gasteiger partial charge in [0.1, 0.15) is 0 Å². The highest BCUT2D eigenvalue weighted by Crippen LogP contribution is 2.10. The van der Waals surface area contributed by atoms with Crippen LogP contribution in [0.2, 0.25) is 0 Å². The number of aromatic nitrogens is 3. The van der Waals surface area contributed by atoms with E-state index in [1.807, 2.05) is 6.20 Å². The fraction of sp³-hybridized carbons (Fsp3) is 0.750. The Bertz CT molecular complexity index is 427. The summed E-state index contributed by atoms with van der Waals surface area (Å²) in [6, 6.07) is 0.433. The molecule has 2 heterocycles. The van der Waals surface area contributed by atoms with Crippen molar-refractivity contribution in [2.24, 2.45) is 5.73 Å². The molecule has 4 N–H and O–H groups in total. The van der Waals surface area contributed by atoms with Gasteiger partial charge in [0.15, 0.2) is 0 Å². The van der Waals surface area contributed by atoms with Crippen LogP contribution >= 0.6 is 0 Å². The second kappa shape index (κ2) is 7.32. The molecule has 20 heavy (non-hydrogen) atoms. The summed E-state index contributed by atoms with van der Waals surface area (Å²) < 4.78 is 1.63. The molecule has 1 aromatic rings. The molecule has 1 fully saturated rings. The first-order chi connectivity index (χ1) is 9.67. The maximum Gasteiger partial charge on any atom is 0.231 e. The SMILES string of the molecule is NC(=O)CN1CCC(NCc2cn(CCO)nn2)CC1. The van der Waals surface area contributed by atoms with Crippen LogP contribution < -0.4 is 11.1 Å². The van der Waals surface area contributed by atoms with Gasteiger partial charge < -0.3 is 16.2 Å². The average Bonchev–Trinajstić information content (AvgIpc) is 2.86. The Labute approximate surface area is 117 Å². The summed E-state index contributed by atoms with van der Waals surface area (Å²) in [5, 5.41) is 20.2. The van der Waals surface area contributed by atoms with Gasteiger partial charge in [-0.3, -0.25) is 9.69 Å². The molecule has 1 aromatic heterocycles. The number of nitrogens with two attached hydrogens (primary N) is 1. The first kappa shape index (κ1) is 14.9. The van der Waals surface area contributed by atoms with Crippen LogP contribution in [0.25, 0.3) is 0 Å². The normalized spacial score (nSPS) is 17.4. The molecule has 1 amide bonds. The molecule has 1 aliphatic rings. The van der Waals surface area contributed by atoms with Gasteiger partial charge in [0, 0.05) is 31.9 Å². The second-order valence-corrected chi connectivity index (χ2v) is 5.09. The Morgan fingerprint density at radius 2 is 2.25 bits per heavy atom. The molecule has 1 aliphatic heterocycles. The molecule has 8 nitrogen and oxygen atoms in total. The summed E-state index contributed by atoms with van der Waals surface area (Å²) >= 11 is 0. The number of amides is 1. The number of rotatable bonds is 7. The van der Waals surface area contributed by atoms with Crippen molar-refractivity contribution in [3.63, 3.8) is 0 Å². The van der Waals surface area contributed by atoms with Crippen molar-refractivity contribution >= 4 is 5.91 Å². The number of piperidine rings is 1. The van der Waals surface area contributed by atoms with Crippen molar-refractivity contribution in [1.29, 1.82) is 0 Å². The van der Waals surface area contributed by atoms with E-state index in [4.69, 9.17) is 10.8 Å². The fourth-order valence-corrected chi connectivity index (χ4v) is 2.40. The summed E-state index contributed by atoms with van der Waals surface area (Å²) in [5.41, 5.74) is 6.06. The van der Waals surface area contributed by atoms with Crippen molar-refractivity contribution in [3.05, 3.63) is 11.9 Å². The predicted octanol–water partition coefficient (Wildman–Crippen LogP) is -1.69. The lowest BCUT2D eigenvalue weighted by Crippen LogP contribution is -2.45. The van der Waals surface area contributed by atoms with Crippen molar-refractivity contribution in [1.82, 2.24) is 25.2 Å². The Morgan fingerprint density at radius 3 is 2.90 bits per heavy atom.